The smallest absolute Gasteiger partial charge is 0.136 e. The minimum Gasteiger partial charge on any atom is -0.491 e. The number of piperazine rings is 1. The number of ether oxygens (including phenoxy) is 2. The van der Waals surface area contributed by atoms with Crippen LogP contribution in [0.5, 0.6) is 11.5 Å². The van der Waals surface area contributed by atoms with E-state index < -0.39 is 12.8 Å². The van der Waals surface area contributed by atoms with Gasteiger partial charge in [0.25, 0.3) is 0 Å². The summed E-state index contributed by atoms with van der Waals surface area (Å²) in [6.07, 6.45) is 4.82. The predicted octanol–water partition coefficient (Wildman–Crippen LogP) is 3.05. The molecule has 0 aliphatic carbocycles. The van der Waals surface area contributed by atoms with E-state index >= 15 is 0 Å². The Morgan fingerprint density at radius 2 is 1.61 bits per heavy atom. The number of halogens is 1. The highest BCUT2D eigenvalue weighted by molar-refractivity contribution is 5.75. The molecule has 0 bridgehead atoms. The van der Waals surface area contributed by atoms with Gasteiger partial charge >= 0.3 is 0 Å². The molecule has 3 aromatic rings. The first-order chi connectivity index (χ1) is 16.2. The van der Waals surface area contributed by atoms with Crippen LogP contribution in [0.4, 0.5) is 10.2 Å². The highest BCUT2D eigenvalue weighted by Gasteiger charge is 2.22. The maximum absolute atomic E-state index is 12.2. The number of anilines is 1. The number of hydrogen-bond donors (Lipinski definition) is 1. The quantitative estimate of drug-likeness (QED) is 0.507. The fourth-order valence-electron chi connectivity index (χ4n) is 3.88. The van der Waals surface area contributed by atoms with Gasteiger partial charge in [-0.25, -0.2) is 9.37 Å². The topological polar surface area (TPSA) is 71.0 Å². The fraction of sp³-hybridized carbons (Fsp3) is 0.360. The number of β-amino-alcohol motifs (C(OH)–C–C–N with tert-alkyl or cyclic N) is 1. The van der Waals surface area contributed by atoms with Crippen LogP contribution in [0.2, 0.25) is 0 Å². The molecule has 1 atom stereocenters. The summed E-state index contributed by atoms with van der Waals surface area (Å²) < 4.78 is 23.1. The average Bonchev–Trinajstić information content (AvgIpc) is 2.88. The van der Waals surface area contributed by atoms with Crippen molar-refractivity contribution in [2.75, 3.05) is 57.5 Å². The van der Waals surface area contributed by atoms with Crippen molar-refractivity contribution in [1.29, 1.82) is 0 Å². The maximum atomic E-state index is 12.2. The Kier molecular flexibility index (Phi) is 8.05. The van der Waals surface area contributed by atoms with Crippen molar-refractivity contribution in [3.8, 4) is 22.6 Å². The molecule has 174 valence electrons. The fourth-order valence-corrected chi connectivity index (χ4v) is 3.88. The van der Waals surface area contributed by atoms with Crippen LogP contribution in [0.25, 0.3) is 11.1 Å². The van der Waals surface area contributed by atoms with Gasteiger partial charge in [-0.05, 0) is 54.1 Å². The molecule has 0 saturated carbocycles. The number of benzene rings is 1. The van der Waals surface area contributed by atoms with Gasteiger partial charge < -0.3 is 19.5 Å². The first-order valence-electron chi connectivity index (χ1n) is 11.2. The summed E-state index contributed by atoms with van der Waals surface area (Å²) in [6.45, 7) is 3.62. The van der Waals surface area contributed by atoms with E-state index in [1.807, 2.05) is 24.4 Å². The van der Waals surface area contributed by atoms with Crippen LogP contribution in [0.3, 0.4) is 0 Å². The normalized spacial score (nSPS) is 15.3. The molecule has 0 radical (unpaired) electrons. The summed E-state index contributed by atoms with van der Waals surface area (Å²) in [6, 6.07) is 15.0. The first kappa shape index (κ1) is 22.9. The van der Waals surface area contributed by atoms with Gasteiger partial charge in [0, 0.05) is 56.9 Å². The zero-order valence-electron chi connectivity index (χ0n) is 18.5. The second-order valence-electron chi connectivity index (χ2n) is 7.87. The third kappa shape index (κ3) is 6.40. The number of hydrogen-bond acceptors (Lipinski definition) is 7. The Balaban J connectivity index is 1.24. The summed E-state index contributed by atoms with van der Waals surface area (Å²) in [5, 5.41) is 10.4. The van der Waals surface area contributed by atoms with Crippen molar-refractivity contribution in [2.24, 2.45) is 0 Å². The SMILES string of the molecule is OC(COc1ccc(OCCF)cc1)CN1CCN(c2ncccc2-c2ccncc2)CC1. The van der Waals surface area contributed by atoms with E-state index in [0.717, 1.165) is 43.1 Å². The van der Waals surface area contributed by atoms with Gasteiger partial charge in [0.15, 0.2) is 0 Å². The molecule has 0 amide bonds. The van der Waals surface area contributed by atoms with E-state index in [1.165, 1.54) is 0 Å². The van der Waals surface area contributed by atoms with E-state index in [9.17, 15) is 9.50 Å². The van der Waals surface area contributed by atoms with E-state index in [2.05, 4.69) is 25.8 Å². The van der Waals surface area contributed by atoms with Crippen molar-refractivity contribution in [1.82, 2.24) is 14.9 Å². The molecule has 1 aliphatic heterocycles. The molecule has 33 heavy (non-hydrogen) atoms. The van der Waals surface area contributed by atoms with Crippen molar-refractivity contribution >= 4 is 5.82 Å². The number of alkyl halides is 1. The lowest BCUT2D eigenvalue weighted by atomic mass is 10.1. The molecule has 7 nitrogen and oxygen atoms in total. The minimum atomic E-state index is -0.596. The minimum absolute atomic E-state index is 0.0392. The zero-order valence-corrected chi connectivity index (χ0v) is 18.5. The molecule has 1 unspecified atom stereocenters. The van der Waals surface area contributed by atoms with Gasteiger partial charge in [-0.15, -0.1) is 0 Å². The molecular formula is C25H29FN4O3. The number of aliphatic hydroxyl groups excluding tert-OH is 1. The molecule has 3 heterocycles. The summed E-state index contributed by atoms with van der Waals surface area (Å²) in [7, 11) is 0. The summed E-state index contributed by atoms with van der Waals surface area (Å²) in [5.41, 5.74) is 2.20. The molecule has 1 aromatic carbocycles. The Hall–Kier alpha value is -3.23. The molecular weight excluding hydrogens is 423 g/mol. The second kappa shape index (κ2) is 11.6. The van der Waals surface area contributed by atoms with Crippen molar-refractivity contribution in [3.63, 3.8) is 0 Å². The van der Waals surface area contributed by atoms with E-state index in [1.54, 1.807) is 36.7 Å². The third-order valence-corrected chi connectivity index (χ3v) is 5.53. The lowest BCUT2D eigenvalue weighted by molar-refractivity contribution is 0.0662. The summed E-state index contributed by atoms with van der Waals surface area (Å²) in [4.78, 5) is 13.3. The van der Waals surface area contributed by atoms with Crippen LogP contribution in [-0.2, 0) is 0 Å². The van der Waals surface area contributed by atoms with Crippen LogP contribution in [0, 0.1) is 0 Å². The van der Waals surface area contributed by atoms with Crippen molar-refractivity contribution < 1.29 is 19.0 Å². The monoisotopic (exact) mass is 452 g/mol. The van der Waals surface area contributed by atoms with Crippen LogP contribution < -0.4 is 14.4 Å². The van der Waals surface area contributed by atoms with E-state index in [0.29, 0.717) is 18.0 Å². The molecule has 1 saturated heterocycles. The highest BCUT2D eigenvalue weighted by Crippen LogP contribution is 2.29. The largest absolute Gasteiger partial charge is 0.491 e. The maximum Gasteiger partial charge on any atom is 0.136 e. The Labute approximate surface area is 193 Å². The third-order valence-electron chi connectivity index (χ3n) is 5.53. The molecule has 1 N–H and O–H groups in total. The zero-order chi connectivity index (χ0) is 22.9. The summed E-state index contributed by atoms with van der Waals surface area (Å²) in [5.74, 6) is 2.22. The van der Waals surface area contributed by atoms with Gasteiger partial charge in [0.1, 0.15) is 43.3 Å². The number of aromatic nitrogens is 2. The highest BCUT2D eigenvalue weighted by atomic mass is 19.1. The number of rotatable bonds is 10. The lowest BCUT2D eigenvalue weighted by Crippen LogP contribution is -2.49. The molecule has 1 fully saturated rings. The Morgan fingerprint density at radius 1 is 0.909 bits per heavy atom. The lowest BCUT2D eigenvalue weighted by Gasteiger charge is -2.37. The predicted molar refractivity (Wildman–Crippen MR) is 126 cm³/mol. The standard InChI is InChI=1S/C25H29FN4O3/c26-9-17-32-22-3-5-23(6-4-22)33-19-21(31)18-29-13-15-30(16-14-29)25-24(2-1-10-28-25)20-7-11-27-12-8-20/h1-8,10-12,21,31H,9,13-19H2. The first-order valence-corrected chi connectivity index (χ1v) is 11.2. The van der Waals surface area contributed by atoms with Gasteiger partial charge in [0.2, 0.25) is 0 Å². The van der Waals surface area contributed by atoms with Gasteiger partial charge in [-0.3, -0.25) is 9.88 Å². The van der Waals surface area contributed by atoms with E-state index in [4.69, 9.17) is 9.47 Å². The molecule has 0 spiro atoms. The summed E-state index contributed by atoms with van der Waals surface area (Å²) >= 11 is 0. The molecule has 8 heteroatoms. The van der Waals surface area contributed by atoms with Crippen LogP contribution in [0.15, 0.2) is 67.1 Å². The average molecular weight is 453 g/mol. The molecule has 2 aromatic heterocycles. The number of nitrogens with zero attached hydrogens (tertiary/aromatic N) is 4. The van der Waals surface area contributed by atoms with Gasteiger partial charge in [0.05, 0.1) is 0 Å². The second-order valence-corrected chi connectivity index (χ2v) is 7.87. The molecule has 4 rings (SSSR count). The number of pyridine rings is 2. The van der Waals surface area contributed by atoms with Crippen molar-refractivity contribution in [2.45, 2.75) is 6.10 Å². The van der Waals surface area contributed by atoms with Crippen molar-refractivity contribution in [3.05, 3.63) is 67.1 Å². The van der Waals surface area contributed by atoms with E-state index in [-0.39, 0.29) is 13.2 Å². The Bertz CT molecular complexity index is 982. The van der Waals surface area contributed by atoms with Gasteiger partial charge in [-0.1, -0.05) is 0 Å². The van der Waals surface area contributed by atoms with Crippen LogP contribution >= 0.6 is 0 Å². The molecule has 1 aliphatic rings. The van der Waals surface area contributed by atoms with Gasteiger partial charge in [-0.2, -0.15) is 0 Å². The number of aliphatic hydroxyl groups is 1. The Morgan fingerprint density at radius 3 is 2.30 bits per heavy atom. The van der Waals surface area contributed by atoms with Crippen LogP contribution in [-0.4, -0.2) is 78.7 Å². The van der Waals surface area contributed by atoms with Crippen LogP contribution in [0.1, 0.15) is 0 Å².